The predicted molar refractivity (Wildman–Crippen MR) is 78.4 cm³/mol. The standard InChI is InChI=1S/C15H19N3O3/c1-12-10-16-18(11-12)14-4-2-13(3-5-14)15(21)17(6-8-19)7-9-20/h2-5,10-11,19-20H,6-9H2,1H3. The summed E-state index contributed by atoms with van der Waals surface area (Å²) in [7, 11) is 0. The SMILES string of the molecule is Cc1cnn(-c2ccc(C(=O)N(CCO)CCO)cc2)c1. The van der Waals surface area contributed by atoms with Crippen molar-refractivity contribution < 1.29 is 15.0 Å². The molecule has 2 rings (SSSR count). The summed E-state index contributed by atoms with van der Waals surface area (Å²) in [6.07, 6.45) is 3.67. The first-order chi connectivity index (χ1) is 10.2. The molecule has 1 aromatic heterocycles. The van der Waals surface area contributed by atoms with Crippen LogP contribution in [0.5, 0.6) is 0 Å². The van der Waals surface area contributed by atoms with Crippen LogP contribution in [0.3, 0.4) is 0 Å². The lowest BCUT2D eigenvalue weighted by molar-refractivity contribution is 0.0685. The van der Waals surface area contributed by atoms with Crippen molar-refractivity contribution in [2.45, 2.75) is 6.92 Å². The number of aryl methyl sites for hydroxylation is 1. The van der Waals surface area contributed by atoms with E-state index in [1.807, 2.05) is 25.3 Å². The number of aliphatic hydroxyl groups is 2. The van der Waals surface area contributed by atoms with E-state index in [4.69, 9.17) is 10.2 Å². The average Bonchev–Trinajstić information content (AvgIpc) is 2.93. The summed E-state index contributed by atoms with van der Waals surface area (Å²) >= 11 is 0. The number of carbonyl (C=O) groups excluding carboxylic acids is 1. The van der Waals surface area contributed by atoms with E-state index in [1.165, 1.54) is 4.90 Å². The maximum atomic E-state index is 12.3. The zero-order chi connectivity index (χ0) is 15.2. The molecule has 0 unspecified atom stereocenters. The van der Waals surface area contributed by atoms with Gasteiger partial charge in [-0.25, -0.2) is 4.68 Å². The lowest BCUT2D eigenvalue weighted by Gasteiger charge is -2.20. The molecule has 0 spiro atoms. The average molecular weight is 289 g/mol. The van der Waals surface area contributed by atoms with E-state index in [0.717, 1.165) is 11.3 Å². The molecule has 2 N–H and O–H groups in total. The number of hydrogen-bond acceptors (Lipinski definition) is 4. The minimum atomic E-state index is -0.207. The minimum absolute atomic E-state index is 0.129. The van der Waals surface area contributed by atoms with E-state index in [9.17, 15) is 4.79 Å². The number of hydrogen-bond donors (Lipinski definition) is 2. The second-order valence-electron chi connectivity index (χ2n) is 4.75. The highest BCUT2D eigenvalue weighted by Gasteiger charge is 2.14. The molecular weight excluding hydrogens is 270 g/mol. The van der Waals surface area contributed by atoms with Gasteiger partial charge in [-0.3, -0.25) is 4.79 Å². The summed E-state index contributed by atoms with van der Waals surface area (Å²) in [5.41, 5.74) is 2.45. The summed E-state index contributed by atoms with van der Waals surface area (Å²) in [5.74, 6) is -0.207. The molecule has 0 saturated carbocycles. The molecule has 2 aromatic rings. The van der Waals surface area contributed by atoms with Crippen LogP contribution in [0.2, 0.25) is 0 Å². The van der Waals surface area contributed by atoms with E-state index in [0.29, 0.717) is 5.56 Å². The van der Waals surface area contributed by atoms with Crippen molar-refractivity contribution in [3.8, 4) is 5.69 Å². The Morgan fingerprint density at radius 2 is 1.81 bits per heavy atom. The van der Waals surface area contributed by atoms with Crippen LogP contribution in [-0.4, -0.2) is 57.1 Å². The highest BCUT2D eigenvalue weighted by Crippen LogP contribution is 2.11. The van der Waals surface area contributed by atoms with Gasteiger partial charge in [0.1, 0.15) is 0 Å². The smallest absolute Gasteiger partial charge is 0.254 e. The molecule has 1 heterocycles. The maximum Gasteiger partial charge on any atom is 0.254 e. The summed E-state index contributed by atoms with van der Waals surface area (Å²) in [4.78, 5) is 13.7. The van der Waals surface area contributed by atoms with Crippen molar-refractivity contribution in [1.82, 2.24) is 14.7 Å². The van der Waals surface area contributed by atoms with E-state index < -0.39 is 0 Å². The summed E-state index contributed by atoms with van der Waals surface area (Å²) in [6, 6.07) is 7.07. The van der Waals surface area contributed by atoms with Gasteiger partial charge in [0.25, 0.3) is 5.91 Å². The van der Waals surface area contributed by atoms with Gasteiger partial charge >= 0.3 is 0 Å². The van der Waals surface area contributed by atoms with Gasteiger partial charge in [-0.1, -0.05) is 0 Å². The number of aromatic nitrogens is 2. The van der Waals surface area contributed by atoms with Crippen LogP contribution in [0.1, 0.15) is 15.9 Å². The van der Waals surface area contributed by atoms with Crippen LogP contribution < -0.4 is 0 Å². The van der Waals surface area contributed by atoms with Gasteiger partial charge < -0.3 is 15.1 Å². The lowest BCUT2D eigenvalue weighted by Crippen LogP contribution is -2.35. The minimum Gasteiger partial charge on any atom is -0.395 e. The Morgan fingerprint density at radius 3 is 2.29 bits per heavy atom. The first kappa shape index (κ1) is 15.2. The molecule has 0 aliphatic carbocycles. The van der Waals surface area contributed by atoms with Crippen molar-refractivity contribution >= 4 is 5.91 Å². The fourth-order valence-electron chi connectivity index (χ4n) is 2.05. The number of aliphatic hydroxyl groups excluding tert-OH is 2. The van der Waals surface area contributed by atoms with Crippen LogP contribution in [0, 0.1) is 6.92 Å². The molecule has 0 saturated heterocycles. The van der Waals surface area contributed by atoms with Crippen molar-refractivity contribution in [3.05, 3.63) is 47.8 Å². The largest absolute Gasteiger partial charge is 0.395 e. The van der Waals surface area contributed by atoms with E-state index in [2.05, 4.69) is 5.10 Å². The van der Waals surface area contributed by atoms with Crippen molar-refractivity contribution in [2.24, 2.45) is 0 Å². The van der Waals surface area contributed by atoms with Gasteiger partial charge in [-0.05, 0) is 36.8 Å². The van der Waals surface area contributed by atoms with Gasteiger partial charge in [0.05, 0.1) is 25.1 Å². The first-order valence-electron chi connectivity index (χ1n) is 6.78. The highest BCUT2D eigenvalue weighted by molar-refractivity contribution is 5.94. The van der Waals surface area contributed by atoms with E-state index >= 15 is 0 Å². The Kier molecular flexibility index (Phi) is 5.08. The molecule has 112 valence electrons. The third kappa shape index (κ3) is 3.68. The fraction of sp³-hybridized carbons (Fsp3) is 0.333. The lowest BCUT2D eigenvalue weighted by atomic mass is 10.2. The van der Waals surface area contributed by atoms with Gasteiger partial charge in [0, 0.05) is 24.8 Å². The van der Waals surface area contributed by atoms with E-state index in [1.54, 1.807) is 23.0 Å². The summed E-state index contributed by atoms with van der Waals surface area (Å²) in [5, 5.41) is 22.1. The zero-order valence-electron chi connectivity index (χ0n) is 11.9. The predicted octanol–water partition coefficient (Wildman–Crippen LogP) is 0.608. The van der Waals surface area contributed by atoms with Crippen molar-refractivity contribution in [2.75, 3.05) is 26.3 Å². The molecule has 0 fully saturated rings. The van der Waals surface area contributed by atoms with Crippen LogP contribution in [0.25, 0.3) is 5.69 Å². The molecule has 0 radical (unpaired) electrons. The Balaban J connectivity index is 2.15. The van der Waals surface area contributed by atoms with E-state index in [-0.39, 0.29) is 32.2 Å². The second-order valence-corrected chi connectivity index (χ2v) is 4.75. The number of rotatable bonds is 6. The van der Waals surface area contributed by atoms with Crippen molar-refractivity contribution in [1.29, 1.82) is 0 Å². The highest BCUT2D eigenvalue weighted by atomic mass is 16.3. The second kappa shape index (κ2) is 7.01. The van der Waals surface area contributed by atoms with Gasteiger partial charge in [-0.15, -0.1) is 0 Å². The molecule has 21 heavy (non-hydrogen) atoms. The van der Waals surface area contributed by atoms with Gasteiger partial charge in [-0.2, -0.15) is 5.10 Å². The summed E-state index contributed by atoms with van der Waals surface area (Å²) in [6.45, 7) is 2.12. The first-order valence-corrected chi connectivity index (χ1v) is 6.78. The Morgan fingerprint density at radius 1 is 1.19 bits per heavy atom. The molecule has 6 heteroatoms. The van der Waals surface area contributed by atoms with Gasteiger partial charge in [0.2, 0.25) is 0 Å². The monoisotopic (exact) mass is 289 g/mol. The number of amides is 1. The van der Waals surface area contributed by atoms with Crippen molar-refractivity contribution in [3.63, 3.8) is 0 Å². The number of nitrogens with zero attached hydrogens (tertiary/aromatic N) is 3. The maximum absolute atomic E-state index is 12.3. The summed E-state index contributed by atoms with van der Waals surface area (Å²) < 4.78 is 1.74. The molecule has 1 amide bonds. The number of benzene rings is 1. The fourth-order valence-corrected chi connectivity index (χ4v) is 2.05. The molecular formula is C15H19N3O3. The Labute approximate surface area is 123 Å². The molecule has 0 atom stereocenters. The molecule has 1 aromatic carbocycles. The van der Waals surface area contributed by atoms with Crippen LogP contribution in [0.4, 0.5) is 0 Å². The Bertz CT molecular complexity index is 586. The van der Waals surface area contributed by atoms with Crippen LogP contribution >= 0.6 is 0 Å². The molecule has 0 aliphatic heterocycles. The number of carbonyl (C=O) groups is 1. The van der Waals surface area contributed by atoms with Crippen LogP contribution in [0.15, 0.2) is 36.7 Å². The molecule has 0 bridgehead atoms. The normalized spacial score (nSPS) is 10.6. The molecule has 6 nitrogen and oxygen atoms in total. The Hall–Kier alpha value is -2.18. The zero-order valence-corrected chi connectivity index (χ0v) is 11.9. The quantitative estimate of drug-likeness (QED) is 0.816. The molecule has 0 aliphatic rings. The van der Waals surface area contributed by atoms with Crippen LogP contribution in [-0.2, 0) is 0 Å². The third-order valence-electron chi connectivity index (χ3n) is 3.12. The topological polar surface area (TPSA) is 78.6 Å². The van der Waals surface area contributed by atoms with Gasteiger partial charge in [0.15, 0.2) is 0 Å². The third-order valence-corrected chi connectivity index (χ3v) is 3.12.